The van der Waals surface area contributed by atoms with Crippen LogP contribution < -0.4 is 10.6 Å². The molecule has 0 radical (unpaired) electrons. The summed E-state index contributed by atoms with van der Waals surface area (Å²) < 4.78 is 24.0. The van der Waals surface area contributed by atoms with Gasteiger partial charge in [-0.25, -0.2) is 23.4 Å². The Morgan fingerprint density at radius 3 is 2.42 bits per heavy atom. The van der Waals surface area contributed by atoms with Gasteiger partial charge in [0.2, 0.25) is 0 Å². The van der Waals surface area contributed by atoms with Gasteiger partial charge in [-0.3, -0.25) is 0 Å². The fourth-order valence-corrected chi connectivity index (χ4v) is 3.19. The minimum absolute atomic E-state index is 0.0477. The number of nitrogens with zero attached hydrogens (tertiary/aromatic N) is 3. The number of sulfone groups is 1. The van der Waals surface area contributed by atoms with E-state index in [4.69, 9.17) is 11.6 Å². The second-order valence-electron chi connectivity index (χ2n) is 5.33. The van der Waals surface area contributed by atoms with Crippen LogP contribution >= 0.6 is 11.6 Å². The molecule has 26 heavy (non-hydrogen) atoms. The first kappa shape index (κ1) is 18.1. The first-order valence-electron chi connectivity index (χ1n) is 7.77. The molecule has 7 nitrogen and oxygen atoms in total. The van der Waals surface area contributed by atoms with E-state index in [-0.39, 0.29) is 10.6 Å². The maximum absolute atomic E-state index is 12.0. The molecule has 3 rings (SSSR count). The van der Waals surface area contributed by atoms with Crippen LogP contribution in [0.5, 0.6) is 0 Å². The topological polar surface area (TPSA) is 96.9 Å². The molecule has 2 N–H and O–H groups in total. The Bertz CT molecular complexity index is 1010. The lowest BCUT2D eigenvalue weighted by atomic mass is 10.3. The molecule has 0 aliphatic heterocycles. The summed E-state index contributed by atoms with van der Waals surface area (Å²) in [6, 6.07) is 11.7. The molecule has 134 valence electrons. The zero-order valence-corrected chi connectivity index (χ0v) is 15.4. The van der Waals surface area contributed by atoms with Crippen molar-refractivity contribution >= 4 is 44.6 Å². The van der Waals surface area contributed by atoms with E-state index < -0.39 is 9.84 Å². The van der Waals surface area contributed by atoms with Gasteiger partial charge in [-0.1, -0.05) is 24.6 Å². The fraction of sp³-hybridized carbons (Fsp3) is 0.118. The van der Waals surface area contributed by atoms with E-state index in [0.717, 1.165) is 0 Å². The maximum Gasteiger partial charge on any atom is 0.178 e. The summed E-state index contributed by atoms with van der Waals surface area (Å²) in [6.07, 6.45) is 2.93. The van der Waals surface area contributed by atoms with Crippen molar-refractivity contribution in [1.82, 2.24) is 15.0 Å². The van der Waals surface area contributed by atoms with Crippen molar-refractivity contribution in [2.45, 2.75) is 11.8 Å². The van der Waals surface area contributed by atoms with E-state index in [2.05, 4.69) is 25.6 Å². The molecule has 9 heteroatoms. The Labute approximate surface area is 156 Å². The average molecular weight is 390 g/mol. The zero-order valence-electron chi connectivity index (χ0n) is 13.8. The number of rotatable bonds is 6. The van der Waals surface area contributed by atoms with Crippen molar-refractivity contribution in [2.24, 2.45) is 0 Å². The van der Waals surface area contributed by atoms with E-state index in [1.165, 1.54) is 12.5 Å². The fourth-order valence-electron chi connectivity index (χ4n) is 2.16. The number of nitrogens with one attached hydrogen (secondary N) is 2. The third kappa shape index (κ3) is 4.47. The van der Waals surface area contributed by atoms with Crippen LogP contribution in [-0.2, 0) is 9.84 Å². The first-order chi connectivity index (χ1) is 12.5. The Morgan fingerprint density at radius 2 is 1.73 bits per heavy atom. The summed E-state index contributed by atoms with van der Waals surface area (Å²) in [5, 5.41) is 6.67. The molecule has 2 heterocycles. The summed E-state index contributed by atoms with van der Waals surface area (Å²) in [4.78, 5) is 12.7. The van der Waals surface area contributed by atoms with E-state index in [9.17, 15) is 8.42 Å². The molecule has 0 saturated heterocycles. The molecule has 0 unspecified atom stereocenters. The standard InChI is InChI=1S/C17H16ClN5O2S/c1-2-26(24,25)14-5-3-4-13(8-14)22-16-9-17(21-11-20-16)23-15-7-6-12(18)10-19-15/h3-11H,2H2,1H3,(H2,19,20,21,22,23). The van der Waals surface area contributed by atoms with Crippen LogP contribution in [0.1, 0.15) is 6.92 Å². The quantitative estimate of drug-likeness (QED) is 0.661. The normalized spacial score (nSPS) is 11.2. The lowest BCUT2D eigenvalue weighted by Crippen LogP contribution is -2.04. The Balaban J connectivity index is 1.79. The molecule has 0 bridgehead atoms. The van der Waals surface area contributed by atoms with Gasteiger partial charge in [-0.05, 0) is 30.3 Å². The van der Waals surface area contributed by atoms with E-state index >= 15 is 0 Å². The van der Waals surface area contributed by atoms with Crippen LogP contribution in [0.4, 0.5) is 23.1 Å². The van der Waals surface area contributed by atoms with Crippen LogP contribution in [0.15, 0.2) is 59.9 Å². The molecule has 0 fully saturated rings. The van der Waals surface area contributed by atoms with Gasteiger partial charge in [-0.15, -0.1) is 0 Å². The van der Waals surface area contributed by atoms with Crippen molar-refractivity contribution in [2.75, 3.05) is 16.4 Å². The SMILES string of the molecule is CCS(=O)(=O)c1cccc(Nc2cc(Nc3ccc(Cl)cn3)ncn2)c1. The third-order valence-electron chi connectivity index (χ3n) is 3.50. The van der Waals surface area contributed by atoms with Gasteiger partial charge >= 0.3 is 0 Å². The van der Waals surface area contributed by atoms with Crippen molar-refractivity contribution < 1.29 is 8.42 Å². The van der Waals surface area contributed by atoms with Gasteiger partial charge in [0.1, 0.15) is 23.8 Å². The van der Waals surface area contributed by atoms with Crippen molar-refractivity contribution in [1.29, 1.82) is 0 Å². The van der Waals surface area contributed by atoms with E-state index in [0.29, 0.717) is 28.2 Å². The number of hydrogen-bond acceptors (Lipinski definition) is 7. The van der Waals surface area contributed by atoms with Crippen molar-refractivity contribution in [3.63, 3.8) is 0 Å². The number of halogens is 1. The number of pyridine rings is 1. The van der Waals surface area contributed by atoms with Gasteiger partial charge in [0.25, 0.3) is 0 Å². The summed E-state index contributed by atoms with van der Waals surface area (Å²) >= 11 is 5.82. The molecule has 3 aromatic rings. The number of anilines is 4. The lowest BCUT2D eigenvalue weighted by Gasteiger charge is -2.09. The predicted molar refractivity (Wildman–Crippen MR) is 102 cm³/mol. The second-order valence-corrected chi connectivity index (χ2v) is 8.05. The number of hydrogen-bond donors (Lipinski definition) is 2. The number of benzene rings is 1. The Hall–Kier alpha value is -2.71. The predicted octanol–water partition coefficient (Wildman–Crippen LogP) is 3.81. The molecule has 0 aliphatic rings. The smallest absolute Gasteiger partial charge is 0.178 e. The highest BCUT2D eigenvalue weighted by Crippen LogP contribution is 2.22. The number of aromatic nitrogens is 3. The van der Waals surface area contributed by atoms with E-state index in [1.54, 1.807) is 49.4 Å². The highest BCUT2D eigenvalue weighted by molar-refractivity contribution is 7.91. The van der Waals surface area contributed by atoms with Crippen LogP contribution in [-0.4, -0.2) is 29.1 Å². The zero-order chi connectivity index (χ0) is 18.6. The average Bonchev–Trinajstić information content (AvgIpc) is 2.64. The molecule has 0 amide bonds. The lowest BCUT2D eigenvalue weighted by molar-refractivity contribution is 0.597. The summed E-state index contributed by atoms with van der Waals surface area (Å²) in [5.41, 5.74) is 0.619. The van der Waals surface area contributed by atoms with E-state index in [1.807, 2.05) is 0 Å². The van der Waals surface area contributed by atoms with Crippen LogP contribution in [0.25, 0.3) is 0 Å². The molecular formula is C17H16ClN5O2S. The summed E-state index contributed by atoms with van der Waals surface area (Å²) in [5.74, 6) is 1.69. The minimum atomic E-state index is -3.27. The van der Waals surface area contributed by atoms with Gasteiger partial charge in [0, 0.05) is 18.0 Å². The highest BCUT2D eigenvalue weighted by atomic mass is 35.5. The first-order valence-corrected chi connectivity index (χ1v) is 9.80. The van der Waals surface area contributed by atoms with Crippen LogP contribution in [0, 0.1) is 0 Å². The maximum atomic E-state index is 12.0. The molecule has 2 aromatic heterocycles. The summed E-state index contributed by atoms with van der Waals surface area (Å²) in [6.45, 7) is 1.61. The molecule has 0 aliphatic carbocycles. The minimum Gasteiger partial charge on any atom is -0.340 e. The molecule has 0 spiro atoms. The highest BCUT2D eigenvalue weighted by Gasteiger charge is 2.12. The van der Waals surface area contributed by atoms with Gasteiger partial charge in [-0.2, -0.15) is 0 Å². The third-order valence-corrected chi connectivity index (χ3v) is 5.45. The van der Waals surface area contributed by atoms with Crippen molar-refractivity contribution in [3.8, 4) is 0 Å². The molecule has 0 atom stereocenters. The molecular weight excluding hydrogens is 374 g/mol. The van der Waals surface area contributed by atoms with Gasteiger partial charge in [0.05, 0.1) is 15.7 Å². The largest absolute Gasteiger partial charge is 0.340 e. The second kappa shape index (κ2) is 7.67. The monoisotopic (exact) mass is 389 g/mol. The van der Waals surface area contributed by atoms with Crippen molar-refractivity contribution in [3.05, 3.63) is 60.0 Å². The molecule has 0 saturated carbocycles. The van der Waals surface area contributed by atoms with Crippen LogP contribution in [0.2, 0.25) is 5.02 Å². The summed E-state index contributed by atoms with van der Waals surface area (Å²) in [7, 11) is -3.27. The van der Waals surface area contributed by atoms with Gasteiger partial charge < -0.3 is 10.6 Å². The molecule has 1 aromatic carbocycles. The Kier molecular flexibility index (Phi) is 5.34. The van der Waals surface area contributed by atoms with Crippen LogP contribution in [0.3, 0.4) is 0 Å². The van der Waals surface area contributed by atoms with Gasteiger partial charge in [0.15, 0.2) is 9.84 Å². The Morgan fingerprint density at radius 1 is 0.962 bits per heavy atom.